The Kier molecular flexibility index (Phi) is 37.6. The van der Waals surface area contributed by atoms with E-state index in [0.29, 0.717) is 48.2 Å². The van der Waals surface area contributed by atoms with Gasteiger partial charge in [-0.2, -0.15) is 0 Å². The molecule has 0 spiro atoms. The maximum Gasteiger partial charge on any atom is 0.328 e. The number of H-pyrrole nitrogens is 1. The molecule has 3 aromatic rings. The number of hydrogen-bond donors (Lipinski definition) is 15. The molecule has 37 heteroatoms. The molecule has 15 N–H and O–H groups in total. The third-order valence-electron chi connectivity index (χ3n) is 14.1. The Hall–Kier alpha value is -8.44. The molecule has 0 radical (unpaired) electrons. The monoisotopic (exact) mass is 1460 g/mol. The molecule has 0 aliphatic heterocycles. The van der Waals surface area contributed by atoms with E-state index in [1.54, 1.807) is 40.1 Å². The zero-order valence-electron chi connectivity index (χ0n) is 52.8. The van der Waals surface area contributed by atoms with Crippen LogP contribution in [0.5, 0.6) is 0 Å². The number of carboxylic acids is 3. The van der Waals surface area contributed by atoms with E-state index in [1.165, 1.54) is 26.6 Å². The summed E-state index contributed by atoms with van der Waals surface area (Å²) in [5.41, 5.74) is -0.579. The van der Waals surface area contributed by atoms with Crippen LogP contribution in [0, 0.1) is 0 Å². The maximum absolute atomic E-state index is 13.8. The average molecular weight is 1460 g/mol. The molecule has 1 aromatic heterocycles. The number of aromatic nitrogens is 2. The molecule has 6 amide bonds. The maximum atomic E-state index is 13.8. The number of imidazole rings is 1. The van der Waals surface area contributed by atoms with Crippen molar-refractivity contribution in [2.75, 3.05) is 134 Å². The van der Waals surface area contributed by atoms with Crippen molar-refractivity contribution in [3.05, 3.63) is 74.6 Å². The zero-order valence-corrected chi connectivity index (χ0v) is 54.9. The molecule has 526 valence electrons. The number of aldehydes is 1. The van der Waals surface area contributed by atoms with Gasteiger partial charge in [0.15, 0.2) is 0 Å². The first-order valence-corrected chi connectivity index (χ1v) is 31.5. The number of carboxylic acid groups (broad SMARTS) is 3. The number of aliphatic hydroxyl groups is 2. The van der Waals surface area contributed by atoms with E-state index in [2.05, 4.69) is 80.4 Å². The van der Waals surface area contributed by atoms with Gasteiger partial charge in [-0.05, 0) is 32.3 Å². The van der Waals surface area contributed by atoms with Gasteiger partial charge in [0.25, 0.3) is 10.9 Å². The number of aromatic amines is 1. The third-order valence-corrected chi connectivity index (χ3v) is 15.0. The summed E-state index contributed by atoms with van der Waals surface area (Å²) in [5.74, 6) is -10.6. The van der Waals surface area contributed by atoms with Gasteiger partial charge >= 0.3 is 23.9 Å². The van der Waals surface area contributed by atoms with Crippen LogP contribution in [0.25, 0.3) is 0 Å². The zero-order chi connectivity index (χ0) is 70.4. The molecule has 7 atom stereocenters. The minimum atomic E-state index is -1.75. The number of aliphatic hydroxyl groups excluding tert-OH is 2. The second kappa shape index (κ2) is 44.3. The topological polar surface area (TPSA) is 514 Å². The van der Waals surface area contributed by atoms with Gasteiger partial charge in [-0.1, -0.05) is 52.9 Å². The number of nitrogens with zero attached hydrogens (tertiary/aromatic N) is 4. The molecular formula is C58H85IN14O22. The summed E-state index contributed by atoms with van der Waals surface area (Å²) < 4.78 is 16.4. The largest absolute Gasteiger partial charge is 0.480 e. The number of halogens is 1. The van der Waals surface area contributed by atoms with Crippen molar-refractivity contribution in [1.82, 2.24) is 61.9 Å². The Morgan fingerprint density at radius 3 is 1.85 bits per heavy atom. The normalized spacial score (nSPS) is 13.5. The van der Waals surface area contributed by atoms with Crippen LogP contribution in [0.2, 0.25) is 0 Å². The number of anilines is 2. The molecule has 0 aliphatic rings. The summed E-state index contributed by atoms with van der Waals surface area (Å²) in [5, 5.41) is 69.9. The smallest absolute Gasteiger partial charge is 0.328 e. The molecule has 1 heterocycles. The van der Waals surface area contributed by atoms with Gasteiger partial charge < -0.3 is 97.4 Å². The molecule has 0 saturated heterocycles. The Labute approximate surface area is 558 Å². The van der Waals surface area contributed by atoms with E-state index in [-0.39, 0.29) is 103 Å². The molecule has 36 nitrogen and oxygen atoms in total. The fraction of sp³-hybridized carbons (Fsp3) is 0.569. The number of carbonyl (C=O) groups is 12. The van der Waals surface area contributed by atoms with Gasteiger partial charge in [0, 0.05) is 83.5 Å². The number of ketones is 1. The summed E-state index contributed by atoms with van der Waals surface area (Å²) in [4.78, 5) is 188. The van der Waals surface area contributed by atoms with Crippen molar-refractivity contribution in [2.24, 2.45) is 0 Å². The number of esters is 1. The Morgan fingerprint density at radius 1 is 0.674 bits per heavy atom. The van der Waals surface area contributed by atoms with Crippen LogP contribution in [0.4, 0.5) is 11.4 Å². The van der Waals surface area contributed by atoms with Gasteiger partial charge in [0.2, 0.25) is 35.4 Å². The highest BCUT2D eigenvalue weighted by Crippen LogP contribution is 2.17. The van der Waals surface area contributed by atoms with Crippen LogP contribution >= 0.6 is 22.6 Å². The lowest BCUT2D eigenvalue weighted by Crippen LogP contribution is -2.60. The van der Waals surface area contributed by atoms with E-state index < -0.39 is 144 Å². The Morgan fingerprint density at radius 2 is 1.26 bits per heavy atom. The number of Topliss-reactive ketones (excluding diaryl/α,β-unsaturated/α-hetero) is 1. The Bertz CT molecular complexity index is 3050. The molecule has 0 bridgehead atoms. The minimum Gasteiger partial charge on any atom is -0.480 e. The van der Waals surface area contributed by atoms with Crippen LogP contribution in [0.3, 0.4) is 0 Å². The van der Waals surface area contributed by atoms with E-state index >= 15 is 0 Å². The van der Waals surface area contributed by atoms with Crippen LogP contribution in [0.15, 0.2) is 52.4 Å². The van der Waals surface area contributed by atoms with E-state index in [9.17, 15) is 87.5 Å². The van der Waals surface area contributed by atoms with Crippen molar-refractivity contribution in [3.8, 4) is 0 Å². The molecule has 0 saturated carbocycles. The molecule has 3 rings (SSSR count). The van der Waals surface area contributed by atoms with Crippen molar-refractivity contribution < 1.29 is 97.3 Å². The summed E-state index contributed by atoms with van der Waals surface area (Å²) in [6.07, 6.45) is 3.01. The molecule has 2 aromatic carbocycles. The highest BCUT2D eigenvalue weighted by molar-refractivity contribution is 14.1. The molecule has 1 unspecified atom stereocenters. The second-order valence-corrected chi connectivity index (χ2v) is 22.1. The van der Waals surface area contributed by atoms with Gasteiger partial charge in [0.1, 0.15) is 72.3 Å². The fourth-order valence-electron chi connectivity index (χ4n) is 9.09. The Balaban J connectivity index is 1.48. The van der Waals surface area contributed by atoms with Crippen LogP contribution in [-0.4, -0.2) is 287 Å². The second-order valence-electron chi connectivity index (χ2n) is 21.4. The number of aliphatic carboxylic acids is 3. The lowest BCUT2D eigenvalue weighted by molar-refractivity contribution is -0.147. The van der Waals surface area contributed by atoms with Crippen LogP contribution < -0.4 is 58.7 Å². The van der Waals surface area contributed by atoms with Crippen LogP contribution in [0.1, 0.15) is 44.4 Å². The predicted molar refractivity (Wildman–Crippen MR) is 344 cm³/mol. The third kappa shape index (κ3) is 30.2. The van der Waals surface area contributed by atoms with Gasteiger partial charge in [0.05, 0.1) is 70.7 Å². The van der Waals surface area contributed by atoms with Crippen molar-refractivity contribution in [1.29, 1.82) is 0 Å². The van der Waals surface area contributed by atoms with Crippen LogP contribution in [-0.2, 0) is 84.6 Å². The van der Waals surface area contributed by atoms with Gasteiger partial charge in [-0.25, -0.2) is 9.78 Å². The van der Waals surface area contributed by atoms with Crippen molar-refractivity contribution in [3.63, 3.8) is 0 Å². The first kappa shape index (κ1) is 80.8. The number of methoxy groups -OCH3 is 1. The minimum absolute atomic E-state index is 0.0167. The number of alkyl halides is 1. The lowest BCUT2D eigenvalue weighted by Gasteiger charge is -2.31. The standard InChI is InChI=1S/C58H85IN14O22/c1-35(77)24-39(53(86)65-36(2)52(85)67-41(26-38-27-61-34-64-38)55(88)69-42(30-75)56(89)68-40(25-37-8-5-4-6-9-37)54(87)70-43(31-76)57(90)91)66-45(78)32-95-23-22-94-21-13-63-49-48(50(83)51(49)84)62-11-7-10-44(58(92)93-3)73(33-59)18-17-71(19-20-74)15-16-72(29-47(81)82)14-12-60-28-46(79)80/h4-6,8-9,20,27,34,36,39-44,60,62-63,75-76H,7,10-19,21-26,28-33H2,1-3H3,(H,61,64)(H,65,86)(H,66,78)(H,67,85)(H,68,89)(H,69,88)(H,70,87)(H,79,80)(H,81,82)(H,90,91)/t36-,39-,40-,41-,42-,43-,44?/m0/s1. The molecular weight excluding hydrogens is 1370 g/mol. The van der Waals surface area contributed by atoms with Crippen molar-refractivity contribution in [2.45, 2.75) is 88.2 Å². The fourth-order valence-corrected chi connectivity index (χ4v) is 9.91. The first-order valence-electron chi connectivity index (χ1n) is 30.0. The van der Waals surface area contributed by atoms with Gasteiger partial charge in [-0.3, -0.25) is 72.2 Å². The summed E-state index contributed by atoms with van der Waals surface area (Å²) in [6, 6.07) is -1.87. The molecule has 95 heavy (non-hydrogen) atoms. The summed E-state index contributed by atoms with van der Waals surface area (Å²) >= 11 is 2.10. The quantitative estimate of drug-likeness (QED) is 0.00476. The number of benzene rings is 1. The van der Waals surface area contributed by atoms with E-state index in [4.69, 9.17) is 19.3 Å². The van der Waals surface area contributed by atoms with Crippen molar-refractivity contribution >= 4 is 105 Å². The van der Waals surface area contributed by atoms with E-state index in [1.807, 2.05) is 4.90 Å². The number of ether oxygens (including phenoxy) is 3. The summed E-state index contributed by atoms with van der Waals surface area (Å²) in [6.45, 7) is 1.04. The van der Waals surface area contributed by atoms with Gasteiger partial charge in [-0.15, -0.1) is 0 Å². The summed E-state index contributed by atoms with van der Waals surface area (Å²) in [7, 11) is 1.25. The predicted octanol–water partition coefficient (Wildman–Crippen LogP) is -6.10. The SMILES string of the molecule is COC(=O)C(CCCNc1c(NCCOCCOCC(=O)N[C@@H](CC(C)=O)C(=O)N[C@@H](C)C(=O)N[C@@H](Cc2cnc[nH]2)C(=O)N[C@@H](CO)C(=O)N[C@@H](Cc2ccccc2)C(=O)N[C@@H](CO)C(=O)O)c(=O)c1=O)N(CI)CCN(CC=O)CCN(CCNCC(=O)O)CC(=O)O. The number of amides is 6. The molecule has 0 fully saturated rings. The average Bonchev–Trinajstić information content (AvgIpc) is 1.05. The highest BCUT2D eigenvalue weighted by Gasteiger charge is 2.34. The lowest BCUT2D eigenvalue weighted by atomic mass is 10.0. The highest BCUT2D eigenvalue weighted by atomic mass is 127. The number of carbonyl (C=O) groups excluding carboxylic acids is 9. The van der Waals surface area contributed by atoms with E-state index in [0.717, 1.165) is 6.92 Å². The number of hydrogen-bond acceptors (Lipinski definition) is 26. The molecule has 0 aliphatic carbocycles. The number of nitrogens with one attached hydrogen (secondary N) is 10. The number of rotatable bonds is 52. The first-order chi connectivity index (χ1) is 45.3.